The number of hydrogen-bond donors (Lipinski definition) is 8. The highest BCUT2D eigenvalue weighted by Gasteiger charge is 2.33. The first-order chi connectivity index (χ1) is 39.0. The number of aliphatic hydroxyl groups is 1. The maximum absolute atomic E-state index is 14.2. The first-order valence-corrected chi connectivity index (χ1v) is 29.6. The summed E-state index contributed by atoms with van der Waals surface area (Å²) in [4.78, 5) is 127. The zero-order valence-electron chi connectivity index (χ0n) is 43.4. The van der Waals surface area contributed by atoms with E-state index in [4.69, 9.17) is 34.5 Å². The summed E-state index contributed by atoms with van der Waals surface area (Å²) in [5.74, 6) is -4.86. The number of aromatic nitrogens is 7. The van der Waals surface area contributed by atoms with Crippen molar-refractivity contribution in [2.24, 2.45) is 5.92 Å². The normalized spacial score (nSPS) is 16.4. The number of nitrogens with one attached hydrogen (secondary N) is 6. The Balaban J connectivity index is 1.12. The number of carbonyl (C=O) groups excluding carboxylic acids is 6. The van der Waals surface area contributed by atoms with Gasteiger partial charge in [-0.15, -0.1) is 68.0 Å². The number of aliphatic carboxylic acids is 1. The molecule has 1 aliphatic heterocycles. The molecule has 1 aromatic carbocycles. The lowest BCUT2D eigenvalue weighted by Gasteiger charge is -2.23. The van der Waals surface area contributed by atoms with E-state index in [1.165, 1.54) is 48.2 Å². The summed E-state index contributed by atoms with van der Waals surface area (Å²) in [6.45, 7) is 3.76. The SMILES string of the molecule is CNC(=O)C[C@@H]1NC(=O)c2csc(n2)-c2ccc(-c3nc(NC(=O)COCC(=O)O)cs3)nc2-c2csc(n2)-c2csc(n2)[C@H]([C@@H](O)c2ccccc2)NC(=O)CNC(=O)c2nc(sc2COC)[C@@H](C(C)C)NC(=O)c2nc1sc2C. The van der Waals surface area contributed by atoms with Gasteiger partial charge in [0.2, 0.25) is 11.8 Å². The number of methoxy groups -OCH3 is 1. The van der Waals surface area contributed by atoms with Crippen LogP contribution in [0.4, 0.5) is 5.82 Å². The van der Waals surface area contributed by atoms with Gasteiger partial charge in [0.05, 0.1) is 42.2 Å². The molecule has 4 atom stereocenters. The van der Waals surface area contributed by atoms with Crippen molar-refractivity contribution in [1.29, 1.82) is 0 Å². The summed E-state index contributed by atoms with van der Waals surface area (Å²) < 4.78 is 10.3. The average Bonchev–Trinajstić information content (AvgIpc) is 4.33. The van der Waals surface area contributed by atoms with Gasteiger partial charge in [0, 0.05) is 46.1 Å². The van der Waals surface area contributed by atoms with Gasteiger partial charge in [-0.25, -0.2) is 39.7 Å². The average molecular weight is 1210 g/mol. The highest BCUT2D eigenvalue weighted by Crippen LogP contribution is 2.40. The number of anilines is 1. The quantitative estimate of drug-likeness (QED) is 0.0623. The van der Waals surface area contributed by atoms with E-state index in [1.807, 2.05) is 13.8 Å². The van der Waals surface area contributed by atoms with Crippen molar-refractivity contribution in [2.75, 3.05) is 39.2 Å². The lowest BCUT2D eigenvalue weighted by atomic mass is 10.0. The number of amides is 6. The van der Waals surface area contributed by atoms with E-state index < -0.39 is 85.4 Å². The standard InChI is InChI=1S/C51H49N13O11S6/c1-22(2)37-51-64-40(31(81-51)15-74-5)44(72)53-14-34(66)61-41(42(70)24-9-7-6-8-10-24)50-58-30(20-78-50)48-56-28(18-77-48)39-25(11-12-26(54-39)47-60-32(21-79-47)59-35(67)16-75-17-36(68)69)46-57-29(19-76-46)43(71)55-27(13-33(65)52-4)49-63-38(23(3)80-49)45(73)62-37/h6-12,18-22,27,37,41-42,70H,13-17H2,1-5H3,(H,52,65)(H,53,72)(H,55,71)(H,59,67)(H,61,66)(H,62,73)(H,68,69)/t27-,37+,41-,42-/m0/s1. The maximum Gasteiger partial charge on any atom is 0.329 e. The smallest absolute Gasteiger partial charge is 0.329 e. The summed E-state index contributed by atoms with van der Waals surface area (Å²) in [5.41, 5.74) is 2.50. The van der Waals surface area contributed by atoms with Gasteiger partial charge in [-0.05, 0) is 30.5 Å². The first-order valence-electron chi connectivity index (χ1n) is 24.5. The molecule has 0 fully saturated rings. The van der Waals surface area contributed by atoms with Crippen molar-refractivity contribution >= 4 is 115 Å². The van der Waals surface area contributed by atoms with Crippen molar-refractivity contribution in [1.82, 2.24) is 61.5 Å². The largest absolute Gasteiger partial charge is 0.480 e. The Morgan fingerprint density at radius 3 is 2.16 bits per heavy atom. The van der Waals surface area contributed by atoms with Gasteiger partial charge in [-0.1, -0.05) is 44.2 Å². The summed E-state index contributed by atoms with van der Waals surface area (Å²) in [7, 11) is 2.92. The number of carboxylic acids is 1. The first kappa shape index (κ1) is 58.0. The molecule has 0 unspecified atom stereocenters. The molecule has 0 saturated heterocycles. The van der Waals surface area contributed by atoms with Crippen LogP contribution in [-0.4, -0.2) is 120 Å². The summed E-state index contributed by atoms with van der Waals surface area (Å²) in [6, 6.07) is 9.33. The lowest BCUT2D eigenvalue weighted by molar-refractivity contribution is -0.143. The molecule has 24 nitrogen and oxygen atoms in total. The third-order valence-corrected chi connectivity index (χ3v) is 17.7. The third-order valence-electron chi connectivity index (χ3n) is 12.0. The molecule has 7 aromatic heterocycles. The minimum absolute atomic E-state index is 0.00395. The predicted octanol–water partition coefficient (Wildman–Crippen LogP) is 6.35. The number of pyridine rings is 1. The van der Waals surface area contributed by atoms with E-state index >= 15 is 0 Å². The Morgan fingerprint density at radius 1 is 0.691 bits per heavy atom. The lowest BCUT2D eigenvalue weighted by Crippen LogP contribution is -2.40. The zero-order chi connectivity index (χ0) is 57.5. The van der Waals surface area contributed by atoms with Crippen LogP contribution >= 0.6 is 68.0 Å². The Labute approximate surface area is 484 Å². The van der Waals surface area contributed by atoms with E-state index in [9.17, 15) is 38.7 Å². The van der Waals surface area contributed by atoms with Crippen LogP contribution in [0.15, 0.2) is 64.0 Å². The molecule has 0 radical (unpaired) electrons. The van der Waals surface area contributed by atoms with E-state index in [2.05, 4.69) is 46.9 Å². The summed E-state index contributed by atoms with van der Waals surface area (Å²) in [5, 5.41) is 46.2. The van der Waals surface area contributed by atoms with Gasteiger partial charge in [-0.3, -0.25) is 28.8 Å². The third kappa shape index (κ3) is 13.7. The number of hydrogen-bond acceptors (Lipinski definition) is 23. The molecule has 6 amide bonds. The topological polar surface area (TPSA) is 341 Å². The van der Waals surface area contributed by atoms with Crippen LogP contribution in [0.3, 0.4) is 0 Å². The molecule has 420 valence electrons. The van der Waals surface area contributed by atoms with Gasteiger partial charge in [0.25, 0.3) is 23.6 Å². The summed E-state index contributed by atoms with van der Waals surface area (Å²) >= 11 is 7.03. The van der Waals surface area contributed by atoms with Crippen LogP contribution in [-0.2, 0) is 35.3 Å². The molecule has 9 rings (SSSR count). The van der Waals surface area contributed by atoms with Gasteiger partial charge in [0.15, 0.2) is 0 Å². The molecular weight excluding hydrogens is 1160 g/mol. The second kappa shape index (κ2) is 25.8. The number of nitrogens with zero attached hydrogens (tertiary/aromatic N) is 7. The van der Waals surface area contributed by atoms with E-state index in [1.54, 1.807) is 70.9 Å². The Morgan fingerprint density at radius 2 is 1.41 bits per heavy atom. The predicted molar refractivity (Wildman–Crippen MR) is 304 cm³/mol. The van der Waals surface area contributed by atoms with Crippen LogP contribution in [0, 0.1) is 12.8 Å². The van der Waals surface area contributed by atoms with Crippen molar-refractivity contribution in [3.05, 3.63) is 111 Å². The Kier molecular flexibility index (Phi) is 18.5. The molecule has 30 heteroatoms. The minimum atomic E-state index is -1.29. The second-order valence-electron chi connectivity index (χ2n) is 18.1. The molecule has 10 bridgehead atoms. The van der Waals surface area contributed by atoms with E-state index in [0.717, 1.165) is 34.0 Å². The molecule has 81 heavy (non-hydrogen) atoms. The van der Waals surface area contributed by atoms with Crippen molar-refractivity contribution < 1.29 is 53.2 Å². The molecule has 0 saturated carbocycles. The maximum atomic E-state index is 14.2. The minimum Gasteiger partial charge on any atom is -0.480 e. The van der Waals surface area contributed by atoms with Gasteiger partial charge < -0.3 is 51.6 Å². The molecule has 0 aliphatic carbocycles. The molecule has 8 aromatic rings. The van der Waals surface area contributed by atoms with Crippen molar-refractivity contribution in [2.45, 2.75) is 58.0 Å². The number of carboxylic acid groups (broad SMARTS) is 1. The number of rotatable bonds is 13. The van der Waals surface area contributed by atoms with Crippen LogP contribution < -0.4 is 31.9 Å². The summed E-state index contributed by atoms with van der Waals surface area (Å²) in [6.07, 6.45) is -1.52. The number of ether oxygens (including phenoxy) is 2. The van der Waals surface area contributed by atoms with Crippen LogP contribution in [0.5, 0.6) is 0 Å². The fourth-order valence-electron chi connectivity index (χ4n) is 8.05. The van der Waals surface area contributed by atoms with Crippen molar-refractivity contribution in [3.8, 4) is 43.4 Å². The molecular formula is C51H49N13O11S6. The molecule has 8 N–H and O–H groups in total. The number of carbonyl (C=O) groups is 7. The number of aryl methyl sites for hydroxylation is 1. The van der Waals surface area contributed by atoms with E-state index in [0.29, 0.717) is 68.7 Å². The Bertz CT molecular complexity index is 3650. The zero-order valence-corrected chi connectivity index (χ0v) is 48.3. The van der Waals surface area contributed by atoms with Crippen LogP contribution in [0.2, 0.25) is 0 Å². The number of benzene rings is 1. The number of thiazole rings is 6. The molecule has 0 spiro atoms. The number of aliphatic hydroxyl groups excluding tert-OH is 1. The fraction of sp³-hybridized carbons (Fsp3) is 0.294. The monoisotopic (exact) mass is 1210 g/mol. The highest BCUT2D eigenvalue weighted by molar-refractivity contribution is 7.15. The fourth-order valence-corrected chi connectivity index (χ4v) is 13.5. The van der Waals surface area contributed by atoms with Crippen LogP contribution in [0.25, 0.3) is 43.4 Å². The second-order valence-corrected chi connectivity index (χ2v) is 23.9. The van der Waals surface area contributed by atoms with Crippen molar-refractivity contribution in [3.63, 3.8) is 0 Å². The Hall–Kier alpha value is -7.68. The highest BCUT2D eigenvalue weighted by atomic mass is 32.1. The number of fused-ring (bicyclic) bond motifs is 14. The molecule has 1 aliphatic rings. The van der Waals surface area contributed by atoms with Crippen LogP contribution in [0.1, 0.15) is 106 Å². The van der Waals surface area contributed by atoms with Gasteiger partial charge in [-0.2, -0.15) is 0 Å². The van der Waals surface area contributed by atoms with Gasteiger partial charge >= 0.3 is 5.97 Å². The van der Waals surface area contributed by atoms with Gasteiger partial charge in [0.1, 0.15) is 95.4 Å². The molecule has 8 heterocycles. The van der Waals surface area contributed by atoms with E-state index in [-0.39, 0.29) is 46.9 Å².